The molecule has 2 aliphatic heterocycles. The monoisotopic (exact) mass is 496 g/mol. The molecular weight excluding hydrogens is 464 g/mol. The van der Waals surface area contributed by atoms with Crippen LogP contribution in [-0.2, 0) is 20.7 Å². The lowest BCUT2D eigenvalue weighted by atomic mass is 9.90. The third kappa shape index (κ3) is 7.06. The zero-order valence-corrected chi connectivity index (χ0v) is 20.7. The van der Waals surface area contributed by atoms with Gasteiger partial charge >= 0.3 is 5.97 Å². The van der Waals surface area contributed by atoms with E-state index in [9.17, 15) is 14.4 Å². The zero-order valence-electron chi connectivity index (χ0n) is 19.9. The van der Waals surface area contributed by atoms with Gasteiger partial charge in [-0.1, -0.05) is 30.3 Å². The third-order valence-electron chi connectivity index (χ3n) is 6.29. The van der Waals surface area contributed by atoms with Crippen LogP contribution in [0.4, 0.5) is 5.69 Å². The number of likely N-dealkylation sites (tertiary alicyclic amines) is 1. The van der Waals surface area contributed by atoms with Crippen LogP contribution in [0, 0.1) is 5.92 Å². The maximum atomic E-state index is 12.8. The summed E-state index contributed by atoms with van der Waals surface area (Å²) in [5, 5.41) is 9.34. The number of carbonyl (C=O) groups excluding carboxylic acids is 3. The second-order valence-electron chi connectivity index (χ2n) is 8.75. The molecule has 8 nitrogen and oxygen atoms in total. The van der Waals surface area contributed by atoms with Crippen molar-refractivity contribution < 1.29 is 19.1 Å². The molecule has 0 saturated carbocycles. The van der Waals surface area contributed by atoms with Crippen LogP contribution < -0.4 is 16.0 Å². The van der Waals surface area contributed by atoms with Gasteiger partial charge < -0.3 is 20.3 Å². The van der Waals surface area contributed by atoms with E-state index >= 15 is 0 Å². The van der Waals surface area contributed by atoms with Crippen LogP contribution in [0.3, 0.4) is 0 Å². The summed E-state index contributed by atoms with van der Waals surface area (Å²) in [5.74, 6) is -0.403. The van der Waals surface area contributed by atoms with Gasteiger partial charge in [0.05, 0.1) is 23.8 Å². The molecule has 2 aromatic rings. The molecule has 3 atom stereocenters. The Morgan fingerprint density at radius 3 is 2.66 bits per heavy atom. The molecule has 0 aromatic heterocycles. The van der Waals surface area contributed by atoms with E-state index in [1.807, 2.05) is 6.07 Å². The molecule has 2 fully saturated rings. The summed E-state index contributed by atoms with van der Waals surface area (Å²) in [7, 11) is 0. The molecule has 186 valence electrons. The van der Waals surface area contributed by atoms with Gasteiger partial charge in [-0.25, -0.2) is 4.79 Å². The highest BCUT2D eigenvalue weighted by atomic mass is 32.2. The van der Waals surface area contributed by atoms with Crippen molar-refractivity contribution in [3.63, 3.8) is 0 Å². The van der Waals surface area contributed by atoms with Crippen molar-refractivity contribution in [1.29, 1.82) is 0 Å². The zero-order chi connectivity index (χ0) is 24.6. The van der Waals surface area contributed by atoms with E-state index in [2.05, 4.69) is 45.1 Å². The molecule has 2 aromatic carbocycles. The van der Waals surface area contributed by atoms with Crippen molar-refractivity contribution in [1.82, 2.24) is 15.5 Å². The number of piperidine rings is 1. The maximum Gasteiger partial charge on any atom is 0.338 e. The number of esters is 1. The number of benzene rings is 2. The molecule has 3 unspecified atom stereocenters. The summed E-state index contributed by atoms with van der Waals surface area (Å²) in [5.41, 5.74) is 2.06. The van der Waals surface area contributed by atoms with Crippen molar-refractivity contribution in [2.45, 2.75) is 31.3 Å². The van der Waals surface area contributed by atoms with E-state index in [1.54, 1.807) is 31.2 Å². The van der Waals surface area contributed by atoms with Crippen molar-refractivity contribution in [2.24, 2.45) is 5.92 Å². The Morgan fingerprint density at radius 2 is 1.91 bits per heavy atom. The van der Waals surface area contributed by atoms with E-state index in [0.29, 0.717) is 17.9 Å². The minimum atomic E-state index is -0.389. The van der Waals surface area contributed by atoms with Gasteiger partial charge in [-0.3, -0.25) is 14.9 Å². The Hall–Kier alpha value is -2.88. The predicted molar refractivity (Wildman–Crippen MR) is 137 cm³/mol. The molecule has 2 heterocycles. The molecule has 2 aliphatic rings. The van der Waals surface area contributed by atoms with E-state index in [0.717, 1.165) is 32.5 Å². The third-order valence-corrected chi connectivity index (χ3v) is 7.31. The summed E-state index contributed by atoms with van der Waals surface area (Å²) in [6, 6.07) is 17.1. The first-order valence-corrected chi connectivity index (χ1v) is 13.1. The normalized spacial score (nSPS) is 22.1. The molecule has 35 heavy (non-hydrogen) atoms. The van der Waals surface area contributed by atoms with Crippen LogP contribution in [-0.4, -0.2) is 66.2 Å². The number of amides is 2. The highest BCUT2D eigenvalue weighted by Gasteiger charge is 2.39. The number of hydrogen-bond acceptors (Lipinski definition) is 7. The van der Waals surface area contributed by atoms with Crippen LogP contribution in [0.1, 0.15) is 29.3 Å². The number of carbonyl (C=O) groups is 3. The van der Waals surface area contributed by atoms with Crippen molar-refractivity contribution in [3.05, 3.63) is 65.7 Å². The van der Waals surface area contributed by atoms with Gasteiger partial charge in [0.25, 0.3) is 0 Å². The van der Waals surface area contributed by atoms with E-state index in [4.69, 9.17) is 4.74 Å². The molecular formula is C26H32N4O4S. The van der Waals surface area contributed by atoms with Crippen LogP contribution in [0.2, 0.25) is 0 Å². The second-order valence-corrected chi connectivity index (χ2v) is 9.84. The summed E-state index contributed by atoms with van der Waals surface area (Å²) in [6.45, 7) is 4.71. The first-order valence-electron chi connectivity index (χ1n) is 12.0. The van der Waals surface area contributed by atoms with Gasteiger partial charge in [0, 0.05) is 24.8 Å². The lowest BCUT2D eigenvalue weighted by molar-refractivity contribution is -0.130. The lowest BCUT2D eigenvalue weighted by Crippen LogP contribution is -2.65. The average molecular weight is 497 g/mol. The van der Waals surface area contributed by atoms with E-state index < -0.39 is 0 Å². The Kier molecular flexibility index (Phi) is 8.79. The van der Waals surface area contributed by atoms with Crippen LogP contribution in [0.15, 0.2) is 54.6 Å². The van der Waals surface area contributed by atoms with Gasteiger partial charge in [-0.05, 0) is 56.1 Å². The first kappa shape index (κ1) is 25.2. The molecule has 9 heteroatoms. The van der Waals surface area contributed by atoms with Crippen LogP contribution in [0.5, 0.6) is 0 Å². The molecule has 2 saturated heterocycles. The Balaban J connectivity index is 1.20. The SMILES string of the molecule is CCOC(=O)c1ccc(NC(=O)CSC2NC(=O)C3CN(CCc4ccccc4)CCC3N2)cc1. The van der Waals surface area contributed by atoms with Crippen LogP contribution in [0.25, 0.3) is 0 Å². The van der Waals surface area contributed by atoms with Crippen molar-refractivity contribution in [3.8, 4) is 0 Å². The van der Waals surface area contributed by atoms with Crippen molar-refractivity contribution in [2.75, 3.05) is 37.3 Å². The molecule has 2 amide bonds. The number of ether oxygens (including phenoxy) is 1. The van der Waals surface area contributed by atoms with Gasteiger partial charge in [-0.2, -0.15) is 0 Å². The molecule has 0 spiro atoms. The summed E-state index contributed by atoms with van der Waals surface area (Å²) in [4.78, 5) is 39.3. The molecule has 4 rings (SSSR count). The maximum absolute atomic E-state index is 12.8. The fraction of sp³-hybridized carbons (Fsp3) is 0.423. The molecule has 3 N–H and O–H groups in total. The first-order chi connectivity index (χ1) is 17.0. The number of hydrogen-bond donors (Lipinski definition) is 3. The minimum Gasteiger partial charge on any atom is -0.462 e. The van der Waals surface area contributed by atoms with Crippen LogP contribution >= 0.6 is 11.8 Å². The molecule has 0 bridgehead atoms. The number of thioether (sulfide) groups is 1. The quantitative estimate of drug-likeness (QED) is 0.459. The average Bonchev–Trinajstić information content (AvgIpc) is 2.87. The molecule has 0 radical (unpaired) electrons. The summed E-state index contributed by atoms with van der Waals surface area (Å²) >= 11 is 1.36. The second kappa shape index (κ2) is 12.2. The minimum absolute atomic E-state index is 0.0469. The number of rotatable bonds is 9. The van der Waals surface area contributed by atoms with Crippen molar-refractivity contribution >= 4 is 35.2 Å². The van der Waals surface area contributed by atoms with E-state index in [1.165, 1.54) is 17.3 Å². The highest BCUT2D eigenvalue weighted by molar-refractivity contribution is 8.00. The summed E-state index contributed by atoms with van der Waals surface area (Å²) < 4.78 is 4.96. The van der Waals surface area contributed by atoms with E-state index in [-0.39, 0.29) is 41.0 Å². The lowest BCUT2D eigenvalue weighted by Gasteiger charge is -2.43. The van der Waals surface area contributed by atoms with Gasteiger partial charge in [0.1, 0.15) is 5.50 Å². The fourth-order valence-corrected chi connectivity index (χ4v) is 5.30. The smallest absolute Gasteiger partial charge is 0.338 e. The largest absolute Gasteiger partial charge is 0.462 e. The van der Waals surface area contributed by atoms with Gasteiger partial charge in [0.15, 0.2) is 0 Å². The molecule has 0 aliphatic carbocycles. The number of nitrogens with one attached hydrogen (secondary N) is 3. The number of anilines is 1. The summed E-state index contributed by atoms with van der Waals surface area (Å²) in [6.07, 6.45) is 1.88. The highest BCUT2D eigenvalue weighted by Crippen LogP contribution is 2.24. The number of nitrogens with zero attached hydrogens (tertiary/aromatic N) is 1. The predicted octanol–water partition coefficient (Wildman–Crippen LogP) is 2.47. The number of fused-ring (bicyclic) bond motifs is 1. The fourth-order valence-electron chi connectivity index (χ4n) is 4.44. The van der Waals surface area contributed by atoms with Gasteiger partial charge in [-0.15, -0.1) is 11.8 Å². The Labute approximate surface area is 210 Å². The topological polar surface area (TPSA) is 99.8 Å². The Bertz CT molecular complexity index is 1020. The Morgan fingerprint density at radius 1 is 1.14 bits per heavy atom. The standard InChI is InChI=1S/C26H32N4O4S/c1-2-34-25(33)19-8-10-20(11-9-19)27-23(31)17-35-26-28-22-13-15-30(16-21(22)24(32)29-26)14-12-18-6-4-3-5-7-18/h3-11,21-22,26,28H,2,12-17H2,1H3,(H,27,31)(H,29,32). The van der Waals surface area contributed by atoms with Gasteiger partial charge in [0.2, 0.25) is 11.8 Å².